The summed E-state index contributed by atoms with van der Waals surface area (Å²) in [6, 6.07) is 13.8. The van der Waals surface area contributed by atoms with E-state index in [-0.39, 0.29) is 5.91 Å². The van der Waals surface area contributed by atoms with Crippen molar-refractivity contribution in [3.05, 3.63) is 59.8 Å². The van der Waals surface area contributed by atoms with Gasteiger partial charge in [-0.25, -0.2) is 4.98 Å². The highest BCUT2D eigenvalue weighted by atomic mass is 16.5. The highest BCUT2D eigenvalue weighted by Gasteiger charge is 2.27. The van der Waals surface area contributed by atoms with E-state index in [1.165, 1.54) is 5.56 Å². The summed E-state index contributed by atoms with van der Waals surface area (Å²) < 4.78 is 5.83. The van der Waals surface area contributed by atoms with Crippen molar-refractivity contribution in [2.75, 3.05) is 38.7 Å². The molecule has 1 atom stereocenters. The smallest absolute Gasteiger partial charge is 0.254 e. The van der Waals surface area contributed by atoms with Crippen LogP contribution in [0.4, 0.5) is 5.82 Å². The van der Waals surface area contributed by atoms with Crippen molar-refractivity contribution in [2.24, 2.45) is 5.92 Å². The molecule has 1 saturated heterocycles. The molecule has 0 aliphatic carbocycles. The standard InChI is InChI=1S/C20H25N3O2/c1-22(2)19-12-18(8-10-21-19)20(24)23-11-9-17(13-23)15-25-14-16-6-4-3-5-7-16/h3-8,10,12,17H,9,11,13-15H2,1-2H3/t17-/m1/s1. The number of hydrogen-bond acceptors (Lipinski definition) is 4. The van der Waals surface area contributed by atoms with Crippen molar-refractivity contribution >= 4 is 11.7 Å². The van der Waals surface area contributed by atoms with E-state index in [2.05, 4.69) is 17.1 Å². The molecule has 1 aliphatic rings. The van der Waals surface area contributed by atoms with Gasteiger partial charge in [-0.05, 0) is 24.1 Å². The normalized spacial score (nSPS) is 16.9. The molecule has 0 N–H and O–H groups in total. The van der Waals surface area contributed by atoms with E-state index in [9.17, 15) is 4.79 Å². The molecule has 0 spiro atoms. The van der Waals surface area contributed by atoms with Gasteiger partial charge >= 0.3 is 0 Å². The number of ether oxygens (including phenoxy) is 1. The van der Waals surface area contributed by atoms with E-state index in [1.54, 1.807) is 12.3 Å². The molecule has 25 heavy (non-hydrogen) atoms. The summed E-state index contributed by atoms with van der Waals surface area (Å²) in [5, 5.41) is 0. The molecule has 0 bridgehead atoms. The second-order valence-corrected chi connectivity index (χ2v) is 6.70. The SMILES string of the molecule is CN(C)c1cc(C(=O)N2CC[C@@H](COCc3ccccc3)C2)ccn1. The van der Waals surface area contributed by atoms with Crippen LogP contribution in [0, 0.1) is 5.92 Å². The number of carbonyl (C=O) groups is 1. The maximum Gasteiger partial charge on any atom is 0.254 e. The Morgan fingerprint density at radius 1 is 1.28 bits per heavy atom. The molecule has 2 heterocycles. The van der Waals surface area contributed by atoms with Gasteiger partial charge in [0.2, 0.25) is 0 Å². The largest absolute Gasteiger partial charge is 0.376 e. The zero-order chi connectivity index (χ0) is 17.6. The molecule has 5 heteroatoms. The molecule has 1 fully saturated rings. The summed E-state index contributed by atoms with van der Waals surface area (Å²) in [4.78, 5) is 20.8. The molecule has 3 rings (SSSR count). The van der Waals surface area contributed by atoms with Crippen molar-refractivity contribution < 1.29 is 9.53 Å². The fourth-order valence-electron chi connectivity index (χ4n) is 3.05. The Balaban J connectivity index is 1.50. The van der Waals surface area contributed by atoms with Crippen LogP contribution in [0.1, 0.15) is 22.3 Å². The average Bonchev–Trinajstić information content (AvgIpc) is 3.11. The molecule has 132 valence electrons. The molecule has 0 radical (unpaired) electrons. The van der Waals surface area contributed by atoms with Crippen LogP contribution < -0.4 is 4.90 Å². The highest BCUT2D eigenvalue weighted by Crippen LogP contribution is 2.20. The molecule has 0 unspecified atom stereocenters. The second kappa shape index (κ2) is 8.12. The van der Waals surface area contributed by atoms with Crippen molar-refractivity contribution in [2.45, 2.75) is 13.0 Å². The predicted molar refractivity (Wildman–Crippen MR) is 98.7 cm³/mol. The van der Waals surface area contributed by atoms with Crippen molar-refractivity contribution in [1.29, 1.82) is 0 Å². The van der Waals surface area contributed by atoms with Gasteiger partial charge in [0, 0.05) is 44.9 Å². The lowest BCUT2D eigenvalue weighted by molar-refractivity contribution is 0.0733. The van der Waals surface area contributed by atoms with Crippen molar-refractivity contribution in [1.82, 2.24) is 9.88 Å². The first-order valence-corrected chi connectivity index (χ1v) is 8.68. The van der Waals surface area contributed by atoms with Crippen LogP contribution in [0.25, 0.3) is 0 Å². The quantitative estimate of drug-likeness (QED) is 0.812. The maximum atomic E-state index is 12.7. The molecule has 1 aromatic carbocycles. The molecular formula is C20H25N3O2. The lowest BCUT2D eigenvalue weighted by Crippen LogP contribution is -2.29. The van der Waals surface area contributed by atoms with Crippen molar-refractivity contribution in [3.8, 4) is 0 Å². The molecular weight excluding hydrogens is 314 g/mol. The predicted octanol–water partition coefficient (Wildman–Crippen LogP) is 2.83. The minimum absolute atomic E-state index is 0.0797. The number of pyridine rings is 1. The van der Waals surface area contributed by atoms with Crippen LogP contribution in [0.3, 0.4) is 0 Å². The van der Waals surface area contributed by atoms with Crippen molar-refractivity contribution in [3.63, 3.8) is 0 Å². The Morgan fingerprint density at radius 3 is 2.84 bits per heavy atom. The van der Waals surface area contributed by atoms with Gasteiger partial charge in [-0.15, -0.1) is 0 Å². The third-order valence-electron chi connectivity index (χ3n) is 4.49. The summed E-state index contributed by atoms with van der Waals surface area (Å²) >= 11 is 0. The molecule has 1 aliphatic heterocycles. The van der Waals surface area contributed by atoms with Crippen LogP contribution in [0.2, 0.25) is 0 Å². The van der Waals surface area contributed by atoms with Gasteiger partial charge in [0.15, 0.2) is 0 Å². The number of nitrogens with zero attached hydrogens (tertiary/aromatic N) is 3. The zero-order valence-corrected chi connectivity index (χ0v) is 14.9. The van der Waals surface area contributed by atoms with Gasteiger partial charge in [0.05, 0.1) is 13.2 Å². The van der Waals surface area contributed by atoms with Crippen LogP contribution in [-0.2, 0) is 11.3 Å². The molecule has 1 amide bonds. The van der Waals surface area contributed by atoms with Gasteiger partial charge in [0.25, 0.3) is 5.91 Å². The number of hydrogen-bond donors (Lipinski definition) is 0. The van der Waals surface area contributed by atoms with Crippen LogP contribution >= 0.6 is 0 Å². The summed E-state index contributed by atoms with van der Waals surface area (Å²) in [6.45, 7) is 2.87. The minimum atomic E-state index is 0.0797. The lowest BCUT2D eigenvalue weighted by atomic mass is 10.1. The van der Waals surface area contributed by atoms with Gasteiger partial charge in [0.1, 0.15) is 5.82 Å². The highest BCUT2D eigenvalue weighted by molar-refractivity contribution is 5.95. The molecule has 0 saturated carbocycles. The number of benzene rings is 1. The summed E-state index contributed by atoms with van der Waals surface area (Å²) in [7, 11) is 3.85. The van der Waals surface area contributed by atoms with Crippen LogP contribution in [0.5, 0.6) is 0 Å². The van der Waals surface area contributed by atoms with Gasteiger partial charge in [-0.1, -0.05) is 30.3 Å². The van der Waals surface area contributed by atoms with Gasteiger partial charge in [-0.2, -0.15) is 0 Å². The first-order chi connectivity index (χ1) is 12.1. The number of aromatic nitrogens is 1. The first kappa shape index (κ1) is 17.4. The Hall–Kier alpha value is -2.40. The summed E-state index contributed by atoms with van der Waals surface area (Å²) in [5.41, 5.74) is 1.88. The first-order valence-electron chi connectivity index (χ1n) is 8.68. The van der Waals surface area contributed by atoms with Gasteiger partial charge in [-0.3, -0.25) is 4.79 Å². The second-order valence-electron chi connectivity index (χ2n) is 6.70. The topological polar surface area (TPSA) is 45.7 Å². The number of amides is 1. The Bertz CT molecular complexity index is 703. The summed E-state index contributed by atoms with van der Waals surface area (Å²) in [6.07, 6.45) is 2.69. The monoisotopic (exact) mass is 339 g/mol. The third-order valence-corrected chi connectivity index (χ3v) is 4.49. The number of anilines is 1. The third kappa shape index (κ3) is 4.57. The zero-order valence-electron chi connectivity index (χ0n) is 14.9. The Labute approximate surface area is 149 Å². The van der Waals surface area contributed by atoms with E-state index >= 15 is 0 Å². The Morgan fingerprint density at radius 2 is 2.08 bits per heavy atom. The Kier molecular flexibility index (Phi) is 5.66. The fourth-order valence-corrected chi connectivity index (χ4v) is 3.05. The van der Waals surface area contributed by atoms with E-state index in [4.69, 9.17) is 4.74 Å². The number of carbonyl (C=O) groups excluding carboxylic acids is 1. The maximum absolute atomic E-state index is 12.7. The average molecular weight is 339 g/mol. The summed E-state index contributed by atoms with van der Waals surface area (Å²) in [5.74, 6) is 1.28. The minimum Gasteiger partial charge on any atom is -0.376 e. The van der Waals surface area contributed by atoms with E-state index in [0.717, 1.165) is 25.3 Å². The van der Waals surface area contributed by atoms with E-state index in [1.807, 2.05) is 48.2 Å². The van der Waals surface area contributed by atoms with E-state index < -0.39 is 0 Å². The fraction of sp³-hybridized carbons (Fsp3) is 0.400. The number of rotatable bonds is 6. The molecule has 5 nitrogen and oxygen atoms in total. The molecule has 2 aromatic rings. The molecule has 1 aromatic heterocycles. The number of likely N-dealkylation sites (tertiary alicyclic amines) is 1. The van der Waals surface area contributed by atoms with E-state index in [0.29, 0.717) is 24.7 Å². The van der Waals surface area contributed by atoms with Gasteiger partial charge < -0.3 is 14.5 Å². The van der Waals surface area contributed by atoms with Crippen LogP contribution in [0.15, 0.2) is 48.7 Å². The lowest BCUT2D eigenvalue weighted by Gasteiger charge is -2.18. The van der Waals surface area contributed by atoms with Crippen LogP contribution in [-0.4, -0.2) is 49.6 Å².